The van der Waals surface area contributed by atoms with Crippen molar-refractivity contribution in [1.82, 2.24) is 10.2 Å². The SMILES string of the molecule is OC(c1ccccc1)c1ccc2c(-c3ccccc3)n[nH]c2c1. The van der Waals surface area contributed by atoms with Gasteiger partial charge in [-0.15, -0.1) is 0 Å². The number of hydrogen-bond donors (Lipinski definition) is 2. The molecule has 23 heavy (non-hydrogen) atoms. The number of rotatable bonds is 3. The van der Waals surface area contributed by atoms with Crippen molar-refractivity contribution in [2.24, 2.45) is 0 Å². The Kier molecular flexibility index (Phi) is 3.41. The molecule has 1 atom stereocenters. The highest BCUT2D eigenvalue weighted by Crippen LogP contribution is 2.29. The molecule has 0 bridgehead atoms. The molecule has 4 aromatic rings. The van der Waals surface area contributed by atoms with E-state index in [1.807, 2.05) is 78.9 Å². The molecule has 1 aromatic heterocycles. The van der Waals surface area contributed by atoms with Crippen LogP contribution in [0.25, 0.3) is 22.2 Å². The van der Waals surface area contributed by atoms with Crippen LogP contribution in [-0.2, 0) is 0 Å². The van der Waals surface area contributed by atoms with Gasteiger partial charge in [-0.25, -0.2) is 0 Å². The Morgan fingerprint density at radius 3 is 2.22 bits per heavy atom. The van der Waals surface area contributed by atoms with Crippen molar-refractivity contribution in [3.63, 3.8) is 0 Å². The average molecular weight is 300 g/mol. The Hall–Kier alpha value is -2.91. The number of aliphatic hydroxyl groups is 1. The first-order chi connectivity index (χ1) is 11.3. The van der Waals surface area contributed by atoms with Gasteiger partial charge >= 0.3 is 0 Å². The number of H-pyrrole nitrogens is 1. The van der Waals surface area contributed by atoms with Crippen LogP contribution in [0.1, 0.15) is 17.2 Å². The van der Waals surface area contributed by atoms with Crippen molar-refractivity contribution < 1.29 is 5.11 Å². The van der Waals surface area contributed by atoms with Crippen LogP contribution in [0, 0.1) is 0 Å². The average Bonchev–Trinajstić information content (AvgIpc) is 3.06. The van der Waals surface area contributed by atoms with E-state index in [9.17, 15) is 5.11 Å². The number of aromatic nitrogens is 2. The van der Waals surface area contributed by atoms with Crippen LogP contribution in [0.15, 0.2) is 78.9 Å². The molecule has 0 fully saturated rings. The summed E-state index contributed by atoms with van der Waals surface area (Å²) >= 11 is 0. The van der Waals surface area contributed by atoms with Gasteiger partial charge in [-0.3, -0.25) is 5.10 Å². The smallest absolute Gasteiger partial charge is 0.104 e. The minimum atomic E-state index is -0.635. The summed E-state index contributed by atoms with van der Waals surface area (Å²) in [7, 11) is 0. The fraction of sp³-hybridized carbons (Fsp3) is 0.0500. The first kappa shape index (κ1) is 13.7. The van der Waals surface area contributed by atoms with E-state index in [0.717, 1.165) is 33.3 Å². The van der Waals surface area contributed by atoms with Crippen molar-refractivity contribution in [3.05, 3.63) is 90.0 Å². The summed E-state index contributed by atoms with van der Waals surface area (Å²) < 4.78 is 0. The molecule has 0 aliphatic heterocycles. The van der Waals surface area contributed by atoms with E-state index in [2.05, 4.69) is 10.2 Å². The van der Waals surface area contributed by atoms with Crippen molar-refractivity contribution in [3.8, 4) is 11.3 Å². The molecule has 0 spiro atoms. The number of nitrogens with one attached hydrogen (secondary N) is 1. The zero-order chi connectivity index (χ0) is 15.6. The Morgan fingerprint density at radius 1 is 0.783 bits per heavy atom. The molecule has 0 aliphatic rings. The van der Waals surface area contributed by atoms with Crippen LogP contribution in [0.5, 0.6) is 0 Å². The van der Waals surface area contributed by atoms with Crippen LogP contribution >= 0.6 is 0 Å². The van der Waals surface area contributed by atoms with E-state index in [1.165, 1.54) is 0 Å². The molecule has 0 aliphatic carbocycles. The van der Waals surface area contributed by atoms with Gasteiger partial charge in [0.2, 0.25) is 0 Å². The zero-order valence-electron chi connectivity index (χ0n) is 12.5. The summed E-state index contributed by atoms with van der Waals surface area (Å²) in [5.74, 6) is 0. The summed E-state index contributed by atoms with van der Waals surface area (Å²) in [6, 6.07) is 25.7. The fourth-order valence-electron chi connectivity index (χ4n) is 2.85. The molecule has 0 saturated carbocycles. The van der Waals surface area contributed by atoms with Gasteiger partial charge < -0.3 is 5.11 Å². The summed E-state index contributed by atoms with van der Waals surface area (Å²) in [5, 5.41) is 19.1. The molecule has 3 aromatic carbocycles. The molecule has 4 rings (SSSR count). The maximum absolute atomic E-state index is 10.5. The van der Waals surface area contributed by atoms with Gasteiger partial charge in [0.15, 0.2) is 0 Å². The Labute approximate surface area is 134 Å². The van der Waals surface area contributed by atoms with E-state index in [4.69, 9.17) is 0 Å². The lowest BCUT2D eigenvalue weighted by Crippen LogP contribution is -1.98. The van der Waals surface area contributed by atoms with E-state index in [0.29, 0.717) is 0 Å². The van der Waals surface area contributed by atoms with Crippen molar-refractivity contribution in [2.75, 3.05) is 0 Å². The lowest BCUT2D eigenvalue weighted by atomic mass is 9.99. The number of aliphatic hydroxyl groups excluding tert-OH is 1. The van der Waals surface area contributed by atoms with Gasteiger partial charge in [-0.2, -0.15) is 5.10 Å². The minimum Gasteiger partial charge on any atom is -0.384 e. The summed E-state index contributed by atoms with van der Waals surface area (Å²) in [6.07, 6.45) is -0.635. The van der Waals surface area contributed by atoms with Crippen LogP contribution in [0.2, 0.25) is 0 Å². The monoisotopic (exact) mass is 300 g/mol. The third kappa shape index (κ3) is 2.51. The van der Waals surface area contributed by atoms with E-state index >= 15 is 0 Å². The molecular weight excluding hydrogens is 284 g/mol. The molecule has 1 heterocycles. The summed E-state index contributed by atoms with van der Waals surface area (Å²) in [5.41, 5.74) is 4.68. The molecule has 112 valence electrons. The molecular formula is C20H16N2O. The molecule has 0 saturated heterocycles. The largest absolute Gasteiger partial charge is 0.384 e. The second-order valence-electron chi connectivity index (χ2n) is 5.56. The van der Waals surface area contributed by atoms with Gasteiger partial charge in [0, 0.05) is 10.9 Å². The normalized spacial score (nSPS) is 12.4. The van der Waals surface area contributed by atoms with Crippen LogP contribution < -0.4 is 0 Å². The highest BCUT2D eigenvalue weighted by atomic mass is 16.3. The zero-order valence-corrected chi connectivity index (χ0v) is 12.5. The maximum atomic E-state index is 10.5. The Balaban J connectivity index is 1.76. The van der Waals surface area contributed by atoms with Crippen LogP contribution in [0.3, 0.4) is 0 Å². The third-order valence-corrected chi connectivity index (χ3v) is 4.07. The van der Waals surface area contributed by atoms with E-state index in [1.54, 1.807) is 0 Å². The molecule has 3 nitrogen and oxygen atoms in total. The van der Waals surface area contributed by atoms with Gasteiger partial charge in [0.1, 0.15) is 6.10 Å². The number of nitrogens with zero attached hydrogens (tertiary/aromatic N) is 1. The van der Waals surface area contributed by atoms with E-state index in [-0.39, 0.29) is 0 Å². The van der Waals surface area contributed by atoms with Crippen molar-refractivity contribution in [1.29, 1.82) is 0 Å². The summed E-state index contributed by atoms with van der Waals surface area (Å²) in [6.45, 7) is 0. The van der Waals surface area contributed by atoms with Crippen LogP contribution in [0.4, 0.5) is 0 Å². The highest BCUT2D eigenvalue weighted by molar-refractivity contribution is 5.93. The van der Waals surface area contributed by atoms with Gasteiger partial charge in [0.25, 0.3) is 0 Å². The standard InChI is InChI=1S/C20H16N2O/c23-20(15-9-5-2-6-10-15)16-11-12-17-18(13-16)21-22-19(17)14-7-3-1-4-8-14/h1-13,20,23H,(H,21,22). The van der Waals surface area contributed by atoms with Crippen molar-refractivity contribution >= 4 is 10.9 Å². The summed E-state index contributed by atoms with van der Waals surface area (Å²) in [4.78, 5) is 0. The Morgan fingerprint density at radius 2 is 1.48 bits per heavy atom. The first-order valence-corrected chi connectivity index (χ1v) is 7.59. The second-order valence-corrected chi connectivity index (χ2v) is 5.56. The molecule has 3 heteroatoms. The highest BCUT2D eigenvalue weighted by Gasteiger charge is 2.13. The minimum absolute atomic E-state index is 0.635. The number of fused-ring (bicyclic) bond motifs is 1. The third-order valence-electron chi connectivity index (χ3n) is 4.07. The predicted octanol–water partition coefficient (Wildman–Crippen LogP) is 4.31. The van der Waals surface area contributed by atoms with Gasteiger partial charge in [-0.1, -0.05) is 72.8 Å². The second kappa shape index (κ2) is 5.71. The Bertz CT molecular complexity index is 930. The predicted molar refractivity (Wildman–Crippen MR) is 92.0 cm³/mol. The van der Waals surface area contributed by atoms with Gasteiger partial charge in [-0.05, 0) is 17.2 Å². The van der Waals surface area contributed by atoms with Gasteiger partial charge in [0.05, 0.1) is 11.2 Å². The quantitative estimate of drug-likeness (QED) is 0.592. The lowest BCUT2D eigenvalue weighted by Gasteiger charge is -2.11. The molecule has 1 unspecified atom stereocenters. The van der Waals surface area contributed by atoms with Crippen molar-refractivity contribution in [2.45, 2.75) is 6.10 Å². The molecule has 2 N–H and O–H groups in total. The number of aromatic amines is 1. The lowest BCUT2D eigenvalue weighted by molar-refractivity contribution is 0.220. The fourth-order valence-corrected chi connectivity index (χ4v) is 2.85. The number of benzene rings is 3. The molecule has 0 radical (unpaired) electrons. The molecule has 0 amide bonds. The van der Waals surface area contributed by atoms with Crippen LogP contribution in [-0.4, -0.2) is 15.3 Å². The van der Waals surface area contributed by atoms with E-state index < -0.39 is 6.10 Å². The first-order valence-electron chi connectivity index (χ1n) is 7.59. The topological polar surface area (TPSA) is 48.9 Å². The number of hydrogen-bond acceptors (Lipinski definition) is 2. The maximum Gasteiger partial charge on any atom is 0.104 e.